The summed E-state index contributed by atoms with van der Waals surface area (Å²) in [6.07, 6.45) is -0.0362. The largest absolute Gasteiger partial charge is 0.416 e. The summed E-state index contributed by atoms with van der Waals surface area (Å²) in [4.78, 5) is 0. The molecule has 0 aromatic heterocycles. The predicted molar refractivity (Wildman–Crippen MR) is 67.4 cm³/mol. The highest BCUT2D eigenvalue weighted by atomic mass is 19.4. The Labute approximate surface area is 111 Å². The minimum absolute atomic E-state index is 0.00344. The number of halogens is 3. The van der Waals surface area contributed by atoms with Crippen LogP contribution in [0.15, 0.2) is 24.3 Å². The highest BCUT2D eigenvalue weighted by Gasteiger charge is 2.47. The molecule has 0 aliphatic heterocycles. The molecule has 2 aliphatic carbocycles. The fourth-order valence-corrected chi connectivity index (χ4v) is 3.42. The van der Waals surface area contributed by atoms with Gasteiger partial charge in [0.05, 0.1) is 5.56 Å². The molecule has 0 spiro atoms. The van der Waals surface area contributed by atoms with Crippen molar-refractivity contribution >= 4 is 0 Å². The minimum atomic E-state index is -4.27. The lowest BCUT2D eigenvalue weighted by atomic mass is 9.90. The number of alkyl halides is 3. The standard InChI is InChI=1S/C15H18F3N/c16-15(17,18)13-3-1-2-9(4-13)5-14(19)12-7-10-6-11(10)8-12/h1-4,10-12,14H,5-8,19H2. The van der Waals surface area contributed by atoms with E-state index in [4.69, 9.17) is 5.73 Å². The van der Waals surface area contributed by atoms with Crippen molar-refractivity contribution in [3.05, 3.63) is 35.4 Å². The van der Waals surface area contributed by atoms with Crippen LogP contribution >= 0.6 is 0 Å². The van der Waals surface area contributed by atoms with E-state index in [9.17, 15) is 13.2 Å². The second kappa shape index (κ2) is 4.51. The Morgan fingerprint density at radius 1 is 1.16 bits per heavy atom. The van der Waals surface area contributed by atoms with E-state index in [1.54, 1.807) is 6.07 Å². The molecular weight excluding hydrogens is 251 g/mol. The van der Waals surface area contributed by atoms with Crippen LogP contribution in [0.2, 0.25) is 0 Å². The van der Waals surface area contributed by atoms with Crippen LogP contribution < -0.4 is 5.73 Å². The average Bonchev–Trinajstić information content (AvgIpc) is 2.95. The summed E-state index contributed by atoms with van der Waals surface area (Å²) in [5, 5.41) is 0. The lowest BCUT2D eigenvalue weighted by Gasteiger charge is -2.21. The first kappa shape index (κ1) is 13.0. The van der Waals surface area contributed by atoms with Crippen LogP contribution in [0.5, 0.6) is 0 Å². The zero-order chi connectivity index (χ0) is 13.6. The first-order valence-corrected chi connectivity index (χ1v) is 6.85. The molecule has 0 heterocycles. The molecule has 1 nitrogen and oxygen atoms in total. The molecule has 2 N–H and O–H groups in total. The Morgan fingerprint density at radius 2 is 1.84 bits per heavy atom. The normalized spacial score (nSPS) is 31.1. The Hall–Kier alpha value is -1.03. The Balaban J connectivity index is 1.65. The van der Waals surface area contributed by atoms with Crippen molar-refractivity contribution in [2.24, 2.45) is 23.5 Å². The molecular formula is C15H18F3N. The molecule has 0 amide bonds. The number of nitrogens with two attached hydrogens (primary N) is 1. The highest BCUT2D eigenvalue weighted by molar-refractivity contribution is 5.26. The zero-order valence-corrected chi connectivity index (χ0v) is 10.7. The maximum atomic E-state index is 12.6. The van der Waals surface area contributed by atoms with Crippen molar-refractivity contribution in [3.63, 3.8) is 0 Å². The van der Waals surface area contributed by atoms with Gasteiger partial charge in [0.15, 0.2) is 0 Å². The topological polar surface area (TPSA) is 26.0 Å². The third kappa shape index (κ3) is 2.78. The van der Waals surface area contributed by atoms with Crippen LogP contribution in [0.3, 0.4) is 0 Å². The number of hydrogen-bond acceptors (Lipinski definition) is 1. The van der Waals surface area contributed by atoms with Gasteiger partial charge in [0, 0.05) is 6.04 Å². The SMILES string of the molecule is NC(Cc1cccc(C(F)(F)F)c1)C1CC2CC2C1. The summed E-state index contributed by atoms with van der Waals surface area (Å²) in [7, 11) is 0. The second-order valence-corrected chi connectivity index (χ2v) is 6.05. The molecule has 3 rings (SSSR count). The molecule has 0 saturated heterocycles. The molecule has 3 unspecified atom stereocenters. The minimum Gasteiger partial charge on any atom is -0.327 e. The van der Waals surface area contributed by atoms with Crippen molar-refractivity contribution in [2.45, 2.75) is 37.9 Å². The monoisotopic (exact) mass is 269 g/mol. The molecule has 2 aliphatic rings. The van der Waals surface area contributed by atoms with Gasteiger partial charge in [-0.1, -0.05) is 18.2 Å². The van der Waals surface area contributed by atoms with Crippen molar-refractivity contribution < 1.29 is 13.2 Å². The summed E-state index contributed by atoms with van der Waals surface area (Å²) in [6, 6.07) is 5.55. The van der Waals surface area contributed by atoms with Gasteiger partial charge in [-0.25, -0.2) is 0 Å². The first-order valence-electron chi connectivity index (χ1n) is 6.85. The number of fused-ring (bicyclic) bond motifs is 1. The fourth-order valence-electron chi connectivity index (χ4n) is 3.42. The van der Waals surface area contributed by atoms with Crippen molar-refractivity contribution in [2.75, 3.05) is 0 Å². The van der Waals surface area contributed by atoms with E-state index in [0.29, 0.717) is 17.9 Å². The van der Waals surface area contributed by atoms with E-state index in [0.717, 1.165) is 17.9 Å². The zero-order valence-electron chi connectivity index (χ0n) is 10.7. The quantitative estimate of drug-likeness (QED) is 0.891. The van der Waals surface area contributed by atoms with E-state index in [-0.39, 0.29) is 6.04 Å². The molecule has 0 bridgehead atoms. The third-order valence-corrected chi connectivity index (χ3v) is 4.61. The Kier molecular flexibility index (Phi) is 3.08. The van der Waals surface area contributed by atoms with E-state index in [1.165, 1.54) is 31.4 Å². The van der Waals surface area contributed by atoms with Crippen molar-refractivity contribution in [1.29, 1.82) is 0 Å². The lowest BCUT2D eigenvalue weighted by Crippen LogP contribution is -2.31. The molecule has 1 aromatic carbocycles. The van der Waals surface area contributed by atoms with Gasteiger partial charge in [-0.05, 0) is 55.1 Å². The highest BCUT2D eigenvalue weighted by Crippen LogP contribution is 2.55. The fraction of sp³-hybridized carbons (Fsp3) is 0.600. The third-order valence-electron chi connectivity index (χ3n) is 4.61. The predicted octanol–water partition coefficient (Wildman–Crippen LogP) is 3.62. The van der Waals surface area contributed by atoms with Gasteiger partial charge in [-0.15, -0.1) is 0 Å². The Bertz CT molecular complexity index is 459. The molecule has 2 fully saturated rings. The molecule has 19 heavy (non-hydrogen) atoms. The maximum Gasteiger partial charge on any atom is 0.416 e. The van der Waals surface area contributed by atoms with Crippen molar-refractivity contribution in [3.8, 4) is 0 Å². The summed E-state index contributed by atoms with van der Waals surface area (Å²) in [5.41, 5.74) is 6.29. The van der Waals surface area contributed by atoms with Crippen LogP contribution in [-0.2, 0) is 12.6 Å². The van der Waals surface area contributed by atoms with Crippen LogP contribution in [0.25, 0.3) is 0 Å². The molecule has 4 heteroatoms. The molecule has 0 radical (unpaired) electrons. The van der Waals surface area contributed by atoms with E-state index < -0.39 is 11.7 Å². The smallest absolute Gasteiger partial charge is 0.327 e. The molecule has 1 aromatic rings. The second-order valence-electron chi connectivity index (χ2n) is 6.05. The summed E-state index contributed by atoms with van der Waals surface area (Å²) >= 11 is 0. The van der Waals surface area contributed by atoms with Crippen LogP contribution in [-0.4, -0.2) is 6.04 Å². The first-order chi connectivity index (χ1) is 8.93. The van der Waals surface area contributed by atoms with Crippen LogP contribution in [0.4, 0.5) is 13.2 Å². The molecule has 104 valence electrons. The number of rotatable bonds is 3. The lowest BCUT2D eigenvalue weighted by molar-refractivity contribution is -0.137. The number of benzene rings is 1. The van der Waals surface area contributed by atoms with Gasteiger partial charge >= 0.3 is 6.18 Å². The van der Waals surface area contributed by atoms with E-state index in [2.05, 4.69) is 0 Å². The van der Waals surface area contributed by atoms with E-state index in [1.807, 2.05) is 0 Å². The molecule has 3 atom stereocenters. The van der Waals surface area contributed by atoms with Gasteiger partial charge in [0.25, 0.3) is 0 Å². The van der Waals surface area contributed by atoms with Gasteiger partial charge < -0.3 is 5.73 Å². The average molecular weight is 269 g/mol. The van der Waals surface area contributed by atoms with E-state index >= 15 is 0 Å². The summed E-state index contributed by atoms with van der Waals surface area (Å²) in [6.45, 7) is 0. The van der Waals surface area contributed by atoms with Gasteiger partial charge in [0.1, 0.15) is 0 Å². The van der Waals surface area contributed by atoms with Crippen LogP contribution in [0.1, 0.15) is 30.4 Å². The summed E-state index contributed by atoms with van der Waals surface area (Å²) < 4.78 is 37.9. The van der Waals surface area contributed by atoms with Gasteiger partial charge in [-0.3, -0.25) is 0 Å². The summed E-state index contributed by atoms with van der Waals surface area (Å²) in [5.74, 6) is 2.22. The number of hydrogen-bond donors (Lipinski definition) is 1. The maximum absolute atomic E-state index is 12.6. The van der Waals surface area contributed by atoms with Crippen molar-refractivity contribution in [1.82, 2.24) is 0 Å². The van der Waals surface area contributed by atoms with Gasteiger partial charge in [0.2, 0.25) is 0 Å². The van der Waals surface area contributed by atoms with Gasteiger partial charge in [-0.2, -0.15) is 13.2 Å². The van der Waals surface area contributed by atoms with Crippen LogP contribution in [0, 0.1) is 17.8 Å². The molecule has 2 saturated carbocycles. The Morgan fingerprint density at radius 3 is 2.47 bits per heavy atom.